The van der Waals surface area contributed by atoms with Gasteiger partial charge >= 0.3 is 6.61 Å². The lowest BCUT2D eigenvalue weighted by Crippen LogP contribution is -2.30. The fraction of sp³-hybridized carbons (Fsp3) is 0.533. The van der Waals surface area contributed by atoms with E-state index in [1.54, 1.807) is 0 Å². The standard InChI is InChI=1S/C15H19F2NO3/c1-9(2)18-14(19)11-5-6-12(21-15(16)17)13(7-11)20-8-10-3-4-10/h5-7,9-10,15H,3-4,8H2,1-2H3,(H,18,19). The van der Waals surface area contributed by atoms with Crippen molar-refractivity contribution < 1.29 is 23.0 Å². The van der Waals surface area contributed by atoms with E-state index >= 15 is 0 Å². The van der Waals surface area contributed by atoms with E-state index in [1.165, 1.54) is 18.2 Å². The highest BCUT2D eigenvalue weighted by molar-refractivity contribution is 5.95. The number of hydrogen-bond donors (Lipinski definition) is 1. The first-order valence-corrected chi connectivity index (χ1v) is 6.98. The number of rotatable bonds is 7. The van der Waals surface area contributed by atoms with Crippen LogP contribution in [0.5, 0.6) is 11.5 Å². The molecule has 2 rings (SSSR count). The lowest BCUT2D eigenvalue weighted by molar-refractivity contribution is -0.0515. The smallest absolute Gasteiger partial charge is 0.387 e. The first kappa shape index (κ1) is 15.5. The quantitative estimate of drug-likeness (QED) is 0.841. The van der Waals surface area contributed by atoms with Gasteiger partial charge in [0.25, 0.3) is 5.91 Å². The Kier molecular flexibility index (Phi) is 4.98. The highest BCUT2D eigenvalue weighted by Crippen LogP contribution is 2.34. The number of benzene rings is 1. The van der Waals surface area contributed by atoms with E-state index in [4.69, 9.17) is 4.74 Å². The SMILES string of the molecule is CC(C)NC(=O)c1ccc(OC(F)F)c(OCC2CC2)c1. The average Bonchev–Trinajstić information content (AvgIpc) is 3.20. The third-order valence-corrected chi connectivity index (χ3v) is 3.01. The van der Waals surface area contributed by atoms with Crippen LogP contribution in [-0.2, 0) is 0 Å². The Balaban J connectivity index is 2.15. The van der Waals surface area contributed by atoms with Crippen molar-refractivity contribution in [2.45, 2.75) is 39.3 Å². The third-order valence-electron chi connectivity index (χ3n) is 3.01. The second kappa shape index (κ2) is 6.74. The maximum absolute atomic E-state index is 12.4. The van der Waals surface area contributed by atoms with Crippen molar-refractivity contribution in [2.75, 3.05) is 6.61 Å². The summed E-state index contributed by atoms with van der Waals surface area (Å²) in [4.78, 5) is 11.9. The van der Waals surface area contributed by atoms with Crippen LogP contribution in [0.2, 0.25) is 0 Å². The van der Waals surface area contributed by atoms with Crippen LogP contribution in [0.15, 0.2) is 18.2 Å². The molecular weight excluding hydrogens is 280 g/mol. The molecule has 21 heavy (non-hydrogen) atoms. The molecule has 4 nitrogen and oxygen atoms in total. The largest absolute Gasteiger partial charge is 0.489 e. The van der Waals surface area contributed by atoms with E-state index in [9.17, 15) is 13.6 Å². The topological polar surface area (TPSA) is 47.6 Å². The monoisotopic (exact) mass is 299 g/mol. The van der Waals surface area contributed by atoms with E-state index in [0.29, 0.717) is 18.1 Å². The predicted octanol–water partition coefficient (Wildman–Crippen LogP) is 3.22. The molecular formula is C15H19F2NO3. The van der Waals surface area contributed by atoms with Crippen LogP contribution in [-0.4, -0.2) is 25.2 Å². The maximum Gasteiger partial charge on any atom is 0.387 e. The molecule has 0 aliphatic heterocycles. The Hall–Kier alpha value is -1.85. The third kappa shape index (κ3) is 4.88. The highest BCUT2D eigenvalue weighted by Gasteiger charge is 2.23. The number of ether oxygens (including phenoxy) is 2. The van der Waals surface area contributed by atoms with E-state index in [-0.39, 0.29) is 23.4 Å². The van der Waals surface area contributed by atoms with E-state index in [0.717, 1.165) is 12.8 Å². The normalized spacial score (nSPS) is 14.4. The van der Waals surface area contributed by atoms with Crippen molar-refractivity contribution in [3.63, 3.8) is 0 Å². The Morgan fingerprint density at radius 1 is 1.33 bits per heavy atom. The molecule has 1 aliphatic rings. The van der Waals surface area contributed by atoms with Crippen molar-refractivity contribution in [2.24, 2.45) is 5.92 Å². The molecule has 1 amide bonds. The summed E-state index contributed by atoms with van der Waals surface area (Å²) in [7, 11) is 0. The molecule has 0 bridgehead atoms. The molecule has 1 aliphatic carbocycles. The molecule has 1 N–H and O–H groups in total. The molecule has 116 valence electrons. The number of carbonyl (C=O) groups excluding carboxylic acids is 1. The fourth-order valence-corrected chi connectivity index (χ4v) is 1.79. The van der Waals surface area contributed by atoms with Crippen LogP contribution in [0.1, 0.15) is 37.0 Å². The summed E-state index contributed by atoms with van der Waals surface area (Å²) in [6.07, 6.45) is 2.16. The van der Waals surface area contributed by atoms with Gasteiger partial charge in [-0.3, -0.25) is 4.79 Å². The Morgan fingerprint density at radius 2 is 2.05 bits per heavy atom. The number of amides is 1. The van der Waals surface area contributed by atoms with Gasteiger partial charge in [-0.05, 0) is 50.8 Å². The van der Waals surface area contributed by atoms with Crippen LogP contribution in [0.3, 0.4) is 0 Å². The first-order chi connectivity index (χ1) is 9.95. The van der Waals surface area contributed by atoms with Gasteiger partial charge in [0.05, 0.1) is 6.61 Å². The van der Waals surface area contributed by atoms with Crippen molar-refractivity contribution in [1.29, 1.82) is 0 Å². The van der Waals surface area contributed by atoms with Crippen molar-refractivity contribution in [3.05, 3.63) is 23.8 Å². The molecule has 0 atom stereocenters. The Bertz CT molecular complexity index is 502. The average molecular weight is 299 g/mol. The van der Waals surface area contributed by atoms with Gasteiger partial charge in [0.1, 0.15) is 0 Å². The number of alkyl halides is 2. The van der Waals surface area contributed by atoms with Gasteiger partial charge in [0.2, 0.25) is 0 Å². The number of halogens is 2. The Morgan fingerprint density at radius 3 is 2.62 bits per heavy atom. The second-order valence-corrected chi connectivity index (χ2v) is 5.42. The molecule has 0 radical (unpaired) electrons. The van der Waals surface area contributed by atoms with Gasteiger partial charge in [-0.25, -0.2) is 0 Å². The van der Waals surface area contributed by atoms with Crippen molar-refractivity contribution in [1.82, 2.24) is 5.32 Å². The number of hydrogen-bond acceptors (Lipinski definition) is 3. The summed E-state index contributed by atoms with van der Waals surface area (Å²) >= 11 is 0. The van der Waals surface area contributed by atoms with E-state index < -0.39 is 6.61 Å². The van der Waals surface area contributed by atoms with Crippen LogP contribution < -0.4 is 14.8 Å². The molecule has 1 fully saturated rings. The van der Waals surface area contributed by atoms with Gasteiger partial charge < -0.3 is 14.8 Å². The van der Waals surface area contributed by atoms with Crippen LogP contribution in [0.4, 0.5) is 8.78 Å². The van der Waals surface area contributed by atoms with E-state index in [2.05, 4.69) is 10.1 Å². The minimum Gasteiger partial charge on any atom is -0.489 e. The maximum atomic E-state index is 12.4. The lowest BCUT2D eigenvalue weighted by atomic mass is 10.1. The van der Waals surface area contributed by atoms with Crippen molar-refractivity contribution in [3.8, 4) is 11.5 Å². The first-order valence-electron chi connectivity index (χ1n) is 6.98. The molecule has 0 unspecified atom stereocenters. The summed E-state index contributed by atoms with van der Waals surface area (Å²) in [6, 6.07) is 4.21. The highest BCUT2D eigenvalue weighted by atomic mass is 19.3. The van der Waals surface area contributed by atoms with Crippen LogP contribution in [0.25, 0.3) is 0 Å². The van der Waals surface area contributed by atoms with Gasteiger partial charge in [-0.15, -0.1) is 0 Å². The van der Waals surface area contributed by atoms with Crippen LogP contribution in [0, 0.1) is 5.92 Å². The fourth-order valence-electron chi connectivity index (χ4n) is 1.79. The van der Waals surface area contributed by atoms with Gasteiger partial charge in [-0.2, -0.15) is 8.78 Å². The zero-order valence-electron chi connectivity index (χ0n) is 12.1. The minimum atomic E-state index is -2.93. The molecule has 0 saturated heterocycles. The molecule has 0 spiro atoms. The number of nitrogens with one attached hydrogen (secondary N) is 1. The zero-order valence-corrected chi connectivity index (χ0v) is 12.1. The van der Waals surface area contributed by atoms with Crippen LogP contribution >= 0.6 is 0 Å². The second-order valence-electron chi connectivity index (χ2n) is 5.42. The molecule has 6 heteroatoms. The predicted molar refractivity (Wildman–Crippen MR) is 73.9 cm³/mol. The summed E-state index contributed by atoms with van der Waals surface area (Å²) in [6.45, 7) is 1.21. The molecule has 0 heterocycles. The number of carbonyl (C=O) groups is 1. The van der Waals surface area contributed by atoms with Crippen molar-refractivity contribution >= 4 is 5.91 Å². The lowest BCUT2D eigenvalue weighted by Gasteiger charge is -2.14. The zero-order chi connectivity index (χ0) is 15.4. The summed E-state index contributed by atoms with van der Waals surface area (Å²) in [5, 5.41) is 2.74. The van der Waals surface area contributed by atoms with Gasteiger partial charge in [-0.1, -0.05) is 0 Å². The van der Waals surface area contributed by atoms with Gasteiger partial charge in [0.15, 0.2) is 11.5 Å². The summed E-state index contributed by atoms with van der Waals surface area (Å²) in [5.74, 6) is 0.327. The molecule has 1 saturated carbocycles. The summed E-state index contributed by atoms with van der Waals surface area (Å²) in [5.41, 5.74) is 0.358. The minimum absolute atomic E-state index is 0.00896. The Labute approximate surface area is 122 Å². The molecule has 0 aromatic heterocycles. The molecule has 1 aromatic carbocycles. The molecule has 1 aromatic rings. The summed E-state index contributed by atoms with van der Waals surface area (Å²) < 4.78 is 34.7. The van der Waals surface area contributed by atoms with E-state index in [1.807, 2.05) is 13.8 Å². The van der Waals surface area contributed by atoms with Gasteiger partial charge in [0, 0.05) is 11.6 Å².